The van der Waals surface area contributed by atoms with Crippen LogP contribution in [0.15, 0.2) is 12.1 Å². The lowest BCUT2D eigenvalue weighted by atomic mass is 9.86. The van der Waals surface area contributed by atoms with Crippen molar-refractivity contribution in [3.63, 3.8) is 0 Å². The molecule has 1 heterocycles. The Morgan fingerprint density at radius 2 is 2.07 bits per heavy atom. The molecule has 1 aromatic heterocycles. The lowest BCUT2D eigenvalue weighted by Crippen LogP contribution is -2.21. The first kappa shape index (κ1) is 11.8. The summed E-state index contributed by atoms with van der Waals surface area (Å²) in [5.74, 6) is -0.282. The molecule has 0 spiro atoms. The quantitative estimate of drug-likeness (QED) is 0.716. The van der Waals surface area contributed by atoms with Crippen LogP contribution in [0, 0.1) is 0 Å². The predicted octanol–water partition coefficient (Wildman–Crippen LogP) is 2.50. The first-order chi connectivity index (χ1) is 6.94. The molecule has 1 rings (SSSR count). The molecule has 0 atom stereocenters. The van der Waals surface area contributed by atoms with E-state index in [9.17, 15) is 4.79 Å². The third-order valence-corrected chi connectivity index (χ3v) is 3.09. The molecule has 84 valence electrons. The van der Waals surface area contributed by atoms with Gasteiger partial charge in [-0.3, -0.25) is 0 Å². The number of methoxy groups -OCH3 is 1. The molecule has 0 amide bonds. The van der Waals surface area contributed by atoms with Crippen LogP contribution < -0.4 is 0 Å². The molecule has 0 aliphatic carbocycles. The van der Waals surface area contributed by atoms with Crippen LogP contribution in [0.4, 0.5) is 0 Å². The standard InChI is InChI=1S/C12H19NO2/c1-6-12(2,3)10-8-7-9(13(10)4)11(14)15-5/h7-8H,6H2,1-5H3. The summed E-state index contributed by atoms with van der Waals surface area (Å²) in [5.41, 5.74) is 1.85. The van der Waals surface area contributed by atoms with E-state index in [1.807, 2.05) is 23.7 Å². The third-order valence-electron chi connectivity index (χ3n) is 3.09. The maximum Gasteiger partial charge on any atom is 0.354 e. The van der Waals surface area contributed by atoms with E-state index in [0.29, 0.717) is 5.69 Å². The van der Waals surface area contributed by atoms with Crippen molar-refractivity contribution in [2.75, 3.05) is 7.11 Å². The van der Waals surface area contributed by atoms with Gasteiger partial charge in [0, 0.05) is 18.2 Å². The fourth-order valence-corrected chi connectivity index (χ4v) is 1.68. The Balaban J connectivity index is 3.15. The van der Waals surface area contributed by atoms with Gasteiger partial charge >= 0.3 is 5.97 Å². The van der Waals surface area contributed by atoms with E-state index >= 15 is 0 Å². The van der Waals surface area contributed by atoms with Crippen molar-refractivity contribution >= 4 is 5.97 Å². The minimum absolute atomic E-state index is 0.0843. The maximum atomic E-state index is 11.4. The molecule has 0 saturated carbocycles. The molecule has 0 bridgehead atoms. The average Bonchev–Trinajstić information content (AvgIpc) is 2.59. The summed E-state index contributed by atoms with van der Waals surface area (Å²) in [6, 6.07) is 3.81. The topological polar surface area (TPSA) is 31.2 Å². The van der Waals surface area contributed by atoms with Crippen LogP contribution in [0.25, 0.3) is 0 Å². The van der Waals surface area contributed by atoms with Crippen molar-refractivity contribution in [2.45, 2.75) is 32.6 Å². The average molecular weight is 209 g/mol. The normalized spacial score (nSPS) is 11.5. The van der Waals surface area contributed by atoms with E-state index in [1.165, 1.54) is 7.11 Å². The summed E-state index contributed by atoms with van der Waals surface area (Å²) in [6.45, 7) is 6.48. The van der Waals surface area contributed by atoms with Crippen LogP contribution in [-0.2, 0) is 17.2 Å². The van der Waals surface area contributed by atoms with Crippen molar-refractivity contribution < 1.29 is 9.53 Å². The molecule has 0 aliphatic heterocycles. The van der Waals surface area contributed by atoms with Crippen molar-refractivity contribution in [1.82, 2.24) is 4.57 Å². The molecule has 3 nitrogen and oxygen atoms in total. The number of esters is 1. The first-order valence-electron chi connectivity index (χ1n) is 5.18. The molecular weight excluding hydrogens is 190 g/mol. The SMILES string of the molecule is CCC(C)(C)c1ccc(C(=O)OC)n1C. The van der Waals surface area contributed by atoms with Gasteiger partial charge in [-0.1, -0.05) is 20.8 Å². The molecule has 0 aromatic carbocycles. The number of carbonyl (C=O) groups excluding carboxylic acids is 1. The molecule has 15 heavy (non-hydrogen) atoms. The molecular formula is C12H19NO2. The molecule has 0 aliphatic rings. The van der Waals surface area contributed by atoms with Gasteiger partial charge in [0.15, 0.2) is 0 Å². The monoisotopic (exact) mass is 209 g/mol. The van der Waals surface area contributed by atoms with Gasteiger partial charge in [0.05, 0.1) is 7.11 Å². The molecule has 1 aromatic rings. The molecule has 0 saturated heterocycles. The Kier molecular flexibility index (Phi) is 3.22. The number of hydrogen-bond acceptors (Lipinski definition) is 2. The number of nitrogens with zero attached hydrogens (tertiary/aromatic N) is 1. The summed E-state index contributed by atoms with van der Waals surface area (Å²) >= 11 is 0. The Morgan fingerprint density at radius 1 is 1.47 bits per heavy atom. The van der Waals surface area contributed by atoms with Gasteiger partial charge in [0.2, 0.25) is 0 Å². The molecule has 0 N–H and O–H groups in total. The maximum absolute atomic E-state index is 11.4. The second-order valence-electron chi connectivity index (χ2n) is 4.39. The summed E-state index contributed by atoms with van der Waals surface area (Å²) in [6.07, 6.45) is 1.03. The van der Waals surface area contributed by atoms with Crippen molar-refractivity contribution in [3.05, 3.63) is 23.5 Å². The molecule has 3 heteroatoms. The van der Waals surface area contributed by atoms with Crippen LogP contribution in [0.1, 0.15) is 43.4 Å². The Morgan fingerprint density at radius 3 is 2.53 bits per heavy atom. The minimum atomic E-state index is -0.282. The van der Waals surface area contributed by atoms with Crippen LogP contribution in [0.2, 0.25) is 0 Å². The summed E-state index contributed by atoms with van der Waals surface area (Å²) in [5, 5.41) is 0. The Hall–Kier alpha value is -1.25. The van der Waals surface area contributed by atoms with Gasteiger partial charge in [-0.25, -0.2) is 4.79 Å². The van der Waals surface area contributed by atoms with Gasteiger partial charge < -0.3 is 9.30 Å². The zero-order chi connectivity index (χ0) is 11.6. The number of ether oxygens (including phenoxy) is 1. The first-order valence-corrected chi connectivity index (χ1v) is 5.18. The largest absolute Gasteiger partial charge is 0.464 e. The van der Waals surface area contributed by atoms with E-state index < -0.39 is 0 Å². The van der Waals surface area contributed by atoms with Crippen molar-refractivity contribution in [2.24, 2.45) is 7.05 Å². The number of rotatable bonds is 3. The molecule has 0 unspecified atom stereocenters. The third kappa shape index (κ3) is 2.06. The van der Waals surface area contributed by atoms with Crippen LogP contribution in [-0.4, -0.2) is 17.6 Å². The van der Waals surface area contributed by atoms with E-state index in [2.05, 4.69) is 20.8 Å². The van der Waals surface area contributed by atoms with Gasteiger partial charge in [0.25, 0.3) is 0 Å². The van der Waals surface area contributed by atoms with Crippen molar-refractivity contribution in [1.29, 1.82) is 0 Å². The van der Waals surface area contributed by atoms with E-state index in [0.717, 1.165) is 12.1 Å². The summed E-state index contributed by atoms with van der Waals surface area (Å²) in [7, 11) is 3.30. The zero-order valence-electron chi connectivity index (χ0n) is 10.1. The zero-order valence-corrected chi connectivity index (χ0v) is 10.1. The van der Waals surface area contributed by atoms with Crippen LogP contribution >= 0.6 is 0 Å². The van der Waals surface area contributed by atoms with Crippen LogP contribution in [0.3, 0.4) is 0 Å². The van der Waals surface area contributed by atoms with E-state index in [4.69, 9.17) is 4.74 Å². The van der Waals surface area contributed by atoms with E-state index in [1.54, 1.807) is 0 Å². The predicted molar refractivity (Wildman–Crippen MR) is 60.1 cm³/mol. The highest BCUT2D eigenvalue weighted by Crippen LogP contribution is 2.27. The lowest BCUT2D eigenvalue weighted by Gasteiger charge is -2.24. The highest BCUT2D eigenvalue weighted by Gasteiger charge is 2.24. The fourth-order valence-electron chi connectivity index (χ4n) is 1.68. The highest BCUT2D eigenvalue weighted by atomic mass is 16.5. The summed E-state index contributed by atoms with van der Waals surface area (Å²) < 4.78 is 6.63. The van der Waals surface area contributed by atoms with Crippen LogP contribution in [0.5, 0.6) is 0 Å². The Labute approximate surface area is 91.0 Å². The number of hydrogen-bond donors (Lipinski definition) is 0. The molecule has 0 radical (unpaired) electrons. The number of carbonyl (C=O) groups is 1. The van der Waals surface area contributed by atoms with Crippen molar-refractivity contribution in [3.8, 4) is 0 Å². The van der Waals surface area contributed by atoms with Gasteiger partial charge in [0.1, 0.15) is 5.69 Å². The smallest absolute Gasteiger partial charge is 0.354 e. The fraction of sp³-hybridized carbons (Fsp3) is 0.583. The molecule has 0 fully saturated rings. The summed E-state index contributed by atoms with van der Waals surface area (Å²) in [4.78, 5) is 11.4. The minimum Gasteiger partial charge on any atom is -0.464 e. The van der Waals surface area contributed by atoms with Gasteiger partial charge in [-0.05, 0) is 18.6 Å². The number of aromatic nitrogens is 1. The Bertz CT molecular complexity index is 364. The second-order valence-corrected chi connectivity index (χ2v) is 4.39. The van der Waals surface area contributed by atoms with Gasteiger partial charge in [-0.2, -0.15) is 0 Å². The highest BCUT2D eigenvalue weighted by molar-refractivity contribution is 5.87. The lowest BCUT2D eigenvalue weighted by molar-refractivity contribution is 0.0589. The van der Waals surface area contributed by atoms with Gasteiger partial charge in [-0.15, -0.1) is 0 Å². The van der Waals surface area contributed by atoms with E-state index in [-0.39, 0.29) is 11.4 Å². The second kappa shape index (κ2) is 4.09.